The summed E-state index contributed by atoms with van der Waals surface area (Å²) in [5, 5.41) is 5.50. The highest BCUT2D eigenvalue weighted by Gasteiger charge is 2.21. The number of carbonyl (C=O) groups is 3. The average molecular weight is 326 g/mol. The van der Waals surface area contributed by atoms with Gasteiger partial charge in [0.15, 0.2) is 0 Å². The van der Waals surface area contributed by atoms with Crippen LogP contribution in [0.5, 0.6) is 0 Å². The zero-order valence-corrected chi connectivity index (χ0v) is 14.8. The van der Waals surface area contributed by atoms with E-state index in [1.807, 2.05) is 0 Å². The lowest BCUT2D eigenvalue weighted by atomic mass is 9.92. The molecule has 0 aromatic carbocycles. The molecule has 1 saturated heterocycles. The monoisotopic (exact) mass is 326 g/mol. The molecule has 0 spiro atoms. The molecule has 132 valence electrons. The normalized spacial score (nSPS) is 15.3. The van der Waals surface area contributed by atoms with Gasteiger partial charge in [-0.05, 0) is 11.8 Å². The van der Waals surface area contributed by atoms with Crippen LogP contribution in [0.3, 0.4) is 0 Å². The number of hydrogen-bond donors (Lipinski definition) is 2. The van der Waals surface area contributed by atoms with E-state index in [9.17, 15) is 14.4 Å². The van der Waals surface area contributed by atoms with E-state index in [1.54, 1.807) is 16.7 Å². The summed E-state index contributed by atoms with van der Waals surface area (Å²) in [4.78, 5) is 38.4. The van der Waals surface area contributed by atoms with E-state index in [0.717, 1.165) is 6.42 Å². The van der Waals surface area contributed by atoms with Crippen LogP contribution in [0.4, 0.5) is 4.79 Å². The van der Waals surface area contributed by atoms with Gasteiger partial charge in [-0.1, -0.05) is 20.8 Å². The standard InChI is InChI=1S/C16H30N4O3/c1-13(21)19-9-11-20(12-10-19)14(22)5-7-17-15(23)18-8-6-16(2,3)4/h5-12H2,1-4H3,(H2,17,18,23). The molecule has 0 atom stereocenters. The lowest BCUT2D eigenvalue weighted by molar-refractivity contribution is -0.138. The second-order valence-electron chi connectivity index (χ2n) is 7.13. The van der Waals surface area contributed by atoms with Gasteiger partial charge in [0.25, 0.3) is 0 Å². The molecule has 1 fully saturated rings. The van der Waals surface area contributed by atoms with Gasteiger partial charge >= 0.3 is 6.03 Å². The number of carbonyl (C=O) groups excluding carboxylic acids is 3. The number of amides is 4. The maximum absolute atomic E-state index is 12.1. The second-order valence-corrected chi connectivity index (χ2v) is 7.13. The van der Waals surface area contributed by atoms with E-state index in [0.29, 0.717) is 39.3 Å². The molecule has 1 aliphatic rings. The Bertz CT molecular complexity index is 424. The van der Waals surface area contributed by atoms with E-state index in [4.69, 9.17) is 0 Å². The van der Waals surface area contributed by atoms with E-state index >= 15 is 0 Å². The van der Waals surface area contributed by atoms with Gasteiger partial charge in [-0.25, -0.2) is 4.79 Å². The summed E-state index contributed by atoms with van der Waals surface area (Å²) in [6.45, 7) is 11.2. The van der Waals surface area contributed by atoms with Crippen LogP contribution in [0.15, 0.2) is 0 Å². The third-order valence-electron chi connectivity index (χ3n) is 3.86. The Labute approximate surface area is 138 Å². The van der Waals surface area contributed by atoms with Crippen molar-refractivity contribution in [1.29, 1.82) is 0 Å². The van der Waals surface area contributed by atoms with Crippen molar-refractivity contribution < 1.29 is 14.4 Å². The van der Waals surface area contributed by atoms with Crippen molar-refractivity contribution in [3.63, 3.8) is 0 Å². The van der Waals surface area contributed by atoms with Crippen LogP contribution in [0.25, 0.3) is 0 Å². The Morgan fingerprint density at radius 2 is 1.43 bits per heavy atom. The molecule has 1 heterocycles. The van der Waals surface area contributed by atoms with Gasteiger partial charge in [0.1, 0.15) is 0 Å². The molecule has 0 aromatic heterocycles. The lowest BCUT2D eigenvalue weighted by Gasteiger charge is -2.34. The Balaban J connectivity index is 2.14. The van der Waals surface area contributed by atoms with Crippen molar-refractivity contribution in [2.24, 2.45) is 5.41 Å². The molecule has 4 amide bonds. The fourth-order valence-electron chi connectivity index (χ4n) is 2.33. The van der Waals surface area contributed by atoms with Crippen LogP contribution in [0.1, 0.15) is 40.5 Å². The summed E-state index contributed by atoms with van der Waals surface area (Å²) in [5.74, 6) is 0.0638. The van der Waals surface area contributed by atoms with E-state index in [2.05, 4.69) is 31.4 Å². The van der Waals surface area contributed by atoms with Crippen molar-refractivity contribution in [2.45, 2.75) is 40.5 Å². The van der Waals surface area contributed by atoms with Crippen LogP contribution >= 0.6 is 0 Å². The quantitative estimate of drug-likeness (QED) is 0.784. The molecule has 0 bridgehead atoms. The van der Waals surface area contributed by atoms with Crippen molar-refractivity contribution >= 4 is 17.8 Å². The first-order valence-corrected chi connectivity index (χ1v) is 8.24. The minimum absolute atomic E-state index is 0.0168. The number of nitrogens with one attached hydrogen (secondary N) is 2. The second kappa shape index (κ2) is 8.74. The Kier molecular flexibility index (Phi) is 7.32. The molecule has 23 heavy (non-hydrogen) atoms. The topological polar surface area (TPSA) is 81.8 Å². The molecule has 1 rings (SSSR count). The van der Waals surface area contributed by atoms with Gasteiger partial charge in [0.2, 0.25) is 11.8 Å². The van der Waals surface area contributed by atoms with Crippen molar-refractivity contribution in [3.8, 4) is 0 Å². The molecule has 0 unspecified atom stereocenters. The fourth-order valence-corrected chi connectivity index (χ4v) is 2.33. The first-order chi connectivity index (χ1) is 10.7. The third-order valence-corrected chi connectivity index (χ3v) is 3.86. The van der Waals surface area contributed by atoms with Crippen LogP contribution in [0.2, 0.25) is 0 Å². The molecule has 0 radical (unpaired) electrons. The Morgan fingerprint density at radius 3 is 1.96 bits per heavy atom. The van der Waals surface area contributed by atoms with E-state index in [-0.39, 0.29) is 29.7 Å². The highest BCUT2D eigenvalue weighted by atomic mass is 16.2. The van der Waals surface area contributed by atoms with Gasteiger partial charge in [0, 0.05) is 52.6 Å². The average Bonchev–Trinajstić information content (AvgIpc) is 2.45. The minimum atomic E-state index is -0.233. The van der Waals surface area contributed by atoms with Gasteiger partial charge in [-0.15, -0.1) is 0 Å². The molecule has 0 aromatic rings. The first kappa shape index (κ1) is 19.3. The van der Waals surface area contributed by atoms with Gasteiger partial charge in [-0.2, -0.15) is 0 Å². The largest absolute Gasteiger partial charge is 0.339 e. The smallest absolute Gasteiger partial charge is 0.314 e. The molecule has 0 aliphatic carbocycles. The highest BCUT2D eigenvalue weighted by molar-refractivity contribution is 5.79. The minimum Gasteiger partial charge on any atom is -0.339 e. The zero-order valence-electron chi connectivity index (χ0n) is 14.8. The summed E-state index contributed by atoms with van der Waals surface area (Å²) >= 11 is 0. The van der Waals surface area contributed by atoms with Gasteiger partial charge in [-0.3, -0.25) is 9.59 Å². The van der Waals surface area contributed by atoms with Crippen molar-refractivity contribution in [2.75, 3.05) is 39.3 Å². The van der Waals surface area contributed by atoms with E-state index < -0.39 is 0 Å². The summed E-state index contributed by atoms with van der Waals surface area (Å²) in [7, 11) is 0. The highest BCUT2D eigenvalue weighted by Crippen LogP contribution is 2.16. The Hall–Kier alpha value is -1.79. The summed E-state index contributed by atoms with van der Waals surface area (Å²) in [6, 6.07) is -0.233. The maximum Gasteiger partial charge on any atom is 0.314 e. The Morgan fingerprint density at radius 1 is 0.913 bits per heavy atom. The van der Waals surface area contributed by atoms with E-state index in [1.165, 1.54) is 0 Å². The number of piperazine rings is 1. The van der Waals surface area contributed by atoms with Gasteiger partial charge in [0.05, 0.1) is 0 Å². The van der Waals surface area contributed by atoms with Crippen LogP contribution < -0.4 is 10.6 Å². The molecule has 0 saturated carbocycles. The zero-order chi connectivity index (χ0) is 17.5. The SMILES string of the molecule is CC(=O)N1CCN(C(=O)CCNC(=O)NCCC(C)(C)C)CC1. The molecular weight excluding hydrogens is 296 g/mol. The van der Waals surface area contributed by atoms with Crippen molar-refractivity contribution in [1.82, 2.24) is 20.4 Å². The first-order valence-electron chi connectivity index (χ1n) is 8.24. The molecule has 7 nitrogen and oxygen atoms in total. The number of rotatable bonds is 5. The summed E-state index contributed by atoms with van der Waals surface area (Å²) in [6.07, 6.45) is 1.19. The summed E-state index contributed by atoms with van der Waals surface area (Å²) < 4.78 is 0. The summed E-state index contributed by atoms with van der Waals surface area (Å²) in [5.41, 5.74) is 0.186. The van der Waals surface area contributed by atoms with Gasteiger partial charge < -0.3 is 20.4 Å². The lowest BCUT2D eigenvalue weighted by Crippen LogP contribution is -2.50. The molecule has 7 heteroatoms. The van der Waals surface area contributed by atoms with Crippen LogP contribution in [-0.4, -0.2) is 66.9 Å². The predicted octanol–water partition coefficient (Wildman–Crippen LogP) is 0.803. The van der Waals surface area contributed by atoms with Crippen LogP contribution in [-0.2, 0) is 9.59 Å². The third kappa shape index (κ3) is 7.85. The predicted molar refractivity (Wildman–Crippen MR) is 88.9 cm³/mol. The number of hydrogen-bond acceptors (Lipinski definition) is 3. The maximum atomic E-state index is 12.1. The van der Waals surface area contributed by atoms with Crippen LogP contribution in [0, 0.1) is 5.41 Å². The molecule has 2 N–H and O–H groups in total. The number of urea groups is 1. The fraction of sp³-hybridized carbons (Fsp3) is 0.812. The van der Waals surface area contributed by atoms with Crippen molar-refractivity contribution in [3.05, 3.63) is 0 Å². The molecule has 1 aliphatic heterocycles. The molecular formula is C16H30N4O3. The number of nitrogens with zero attached hydrogens (tertiary/aromatic N) is 2.